The number of anilines is 1. The number of aromatic nitrogens is 2. The first-order valence-electron chi connectivity index (χ1n) is 10.9. The van der Waals surface area contributed by atoms with Gasteiger partial charge in [-0.2, -0.15) is 5.10 Å². The first-order valence-corrected chi connectivity index (χ1v) is 10.9. The van der Waals surface area contributed by atoms with Crippen molar-refractivity contribution in [3.63, 3.8) is 0 Å². The Labute approximate surface area is 187 Å². The maximum atomic E-state index is 12.4. The largest absolute Gasteiger partial charge is 0.495 e. The Balaban J connectivity index is 1.50. The Bertz CT molecular complexity index is 1260. The van der Waals surface area contributed by atoms with Crippen LogP contribution in [0, 0.1) is 0 Å². The first kappa shape index (κ1) is 20.3. The highest BCUT2D eigenvalue weighted by Gasteiger charge is 2.29. The second kappa shape index (κ2) is 8.85. The molecule has 1 aliphatic heterocycles. The summed E-state index contributed by atoms with van der Waals surface area (Å²) in [6.07, 6.45) is 0. The van der Waals surface area contributed by atoms with Crippen molar-refractivity contribution in [3.05, 3.63) is 100 Å². The molecule has 32 heavy (non-hydrogen) atoms. The average Bonchev–Trinajstić information content (AvgIpc) is 2.87. The molecular weight excluding hydrogens is 400 g/mol. The van der Waals surface area contributed by atoms with Crippen LogP contribution in [0.1, 0.15) is 17.3 Å². The fourth-order valence-corrected chi connectivity index (χ4v) is 4.63. The van der Waals surface area contributed by atoms with Gasteiger partial charge in [0.2, 0.25) is 0 Å². The van der Waals surface area contributed by atoms with Crippen LogP contribution in [0.15, 0.2) is 83.7 Å². The SMILES string of the molecule is COc1ccccc1N1CCN(C(c2ccccc2)c2n[nH]c(=O)c3ccccc23)CC1. The molecule has 0 spiro atoms. The molecule has 1 saturated heterocycles. The Morgan fingerprint density at radius 1 is 0.844 bits per heavy atom. The van der Waals surface area contributed by atoms with E-state index in [0.717, 1.165) is 48.7 Å². The van der Waals surface area contributed by atoms with Gasteiger partial charge in [0.25, 0.3) is 5.56 Å². The molecule has 3 aromatic carbocycles. The van der Waals surface area contributed by atoms with Gasteiger partial charge in [0, 0.05) is 31.6 Å². The lowest BCUT2D eigenvalue weighted by atomic mass is 9.97. The molecule has 6 heteroatoms. The summed E-state index contributed by atoms with van der Waals surface area (Å²) in [5, 5.41) is 8.85. The number of ether oxygens (including phenoxy) is 1. The highest BCUT2D eigenvalue weighted by Crippen LogP contribution is 2.34. The molecule has 0 aliphatic carbocycles. The molecule has 0 amide bonds. The van der Waals surface area contributed by atoms with Gasteiger partial charge >= 0.3 is 0 Å². The predicted octanol–water partition coefficient (Wildman–Crippen LogP) is 3.84. The minimum Gasteiger partial charge on any atom is -0.495 e. The number of benzene rings is 3. The van der Waals surface area contributed by atoms with Crippen LogP contribution < -0.4 is 15.2 Å². The van der Waals surface area contributed by atoms with Crippen LogP contribution >= 0.6 is 0 Å². The quantitative estimate of drug-likeness (QED) is 0.525. The molecule has 0 saturated carbocycles. The third-order valence-electron chi connectivity index (χ3n) is 6.21. The Hall–Kier alpha value is -3.64. The molecule has 1 atom stereocenters. The van der Waals surface area contributed by atoms with E-state index in [1.807, 2.05) is 48.5 Å². The fraction of sp³-hybridized carbons (Fsp3) is 0.231. The second-order valence-electron chi connectivity index (χ2n) is 7.99. The number of H-pyrrole nitrogens is 1. The van der Waals surface area contributed by atoms with Crippen molar-refractivity contribution in [1.29, 1.82) is 0 Å². The van der Waals surface area contributed by atoms with E-state index in [2.05, 4.69) is 50.3 Å². The Morgan fingerprint density at radius 3 is 2.25 bits per heavy atom. The summed E-state index contributed by atoms with van der Waals surface area (Å²) in [7, 11) is 1.72. The van der Waals surface area contributed by atoms with Crippen molar-refractivity contribution in [2.75, 3.05) is 38.2 Å². The number of rotatable bonds is 5. The van der Waals surface area contributed by atoms with E-state index in [0.29, 0.717) is 5.39 Å². The van der Waals surface area contributed by atoms with Crippen molar-refractivity contribution in [3.8, 4) is 5.75 Å². The summed E-state index contributed by atoms with van der Waals surface area (Å²) < 4.78 is 5.57. The number of para-hydroxylation sites is 2. The third-order valence-corrected chi connectivity index (χ3v) is 6.21. The van der Waals surface area contributed by atoms with Gasteiger partial charge in [-0.25, -0.2) is 5.10 Å². The molecule has 6 nitrogen and oxygen atoms in total. The molecule has 1 aromatic heterocycles. The summed E-state index contributed by atoms with van der Waals surface area (Å²) >= 11 is 0. The number of hydrogen-bond donors (Lipinski definition) is 1. The van der Waals surface area contributed by atoms with E-state index in [9.17, 15) is 4.79 Å². The Morgan fingerprint density at radius 2 is 1.50 bits per heavy atom. The van der Waals surface area contributed by atoms with Crippen LogP contribution in [0.2, 0.25) is 0 Å². The summed E-state index contributed by atoms with van der Waals surface area (Å²) in [5.41, 5.74) is 3.02. The van der Waals surface area contributed by atoms with Gasteiger partial charge in [-0.3, -0.25) is 9.69 Å². The Kier molecular flexibility index (Phi) is 5.60. The van der Waals surface area contributed by atoms with Crippen LogP contribution in [0.25, 0.3) is 10.8 Å². The average molecular weight is 427 g/mol. The zero-order valence-electron chi connectivity index (χ0n) is 18.1. The van der Waals surface area contributed by atoms with Gasteiger partial charge in [-0.1, -0.05) is 60.7 Å². The first-order chi connectivity index (χ1) is 15.8. The van der Waals surface area contributed by atoms with Crippen LogP contribution in [-0.4, -0.2) is 48.4 Å². The van der Waals surface area contributed by atoms with Gasteiger partial charge in [0.15, 0.2) is 0 Å². The highest BCUT2D eigenvalue weighted by molar-refractivity contribution is 5.84. The maximum absolute atomic E-state index is 12.4. The van der Waals surface area contributed by atoms with Crippen molar-refractivity contribution < 1.29 is 4.74 Å². The molecule has 2 heterocycles. The van der Waals surface area contributed by atoms with Crippen molar-refractivity contribution >= 4 is 16.5 Å². The van der Waals surface area contributed by atoms with E-state index in [-0.39, 0.29) is 11.6 Å². The molecular formula is C26H26N4O2. The van der Waals surface area contributed by atoms with E-state index >= 15 is 0 Å². The van der Waals surface area contributed by atoms with Gasteiger partial charge < -0.3 is 9.64 Å². The van der Waals surface area contributed by atoms with Crippen LogP contribution in [0.4, 0.5) is 5.69 Å². The second-order valence-corrected chi connectivity index (χ2v) is 7.99. The molecule has 1 fully saturated rings. The van der Waals surface area contributed by atoms with Crippen LogP contribution in [0.5, 0.6) is 5.75 Å². The summed E-state index contributed by atoms with van der Waals surface area (Å²) in [6.45, 7) is 3.50. The zero-order valence-corrected chi connectivity index (χ0v) is 18.1. The number of fused-ring (bicyclic) bond motifs is 1. The molecule has 0 radical (unpaired) electrons. The lowest BCUT2D eigenvalue weighted by Crippen LogP contribution is -2.48. The topological polar surface area (TPSA) is 61.5 Å². The number of piperazine rings is 1. The molecule has 1 N–H and O–H groups in total. The van der Waals surface area contributed by atoms with Gasteiger partial charge in [-0.15, -0.1) is 0 Å². The van der Waals surface area contributed by atoms with Gasteiger partial charge in [-0.05, 0) is 23.8 Å². The van der Waals surface area contributed by atoms with Crippen LogP contribution in [0.3, 0.4) is 0 Å². The van der Waals surface area contributed by atoms with Gasteiger partial charge in [0.05, 0.1) is 29.9 Å². The van der Waals surface area contributed by atoms with Crippen LogP contribution in [-0.2, 0) is 0 Å². The van der Waals surface area contributed by atoms with Crippen molar-refractivity contribution in [1.82, 2.24) is 15.1 Å². The van der Waals surface area contributed by atoms with E-state index < -0.39 is 0 Å². The normalized spacial score (nSPS) is 15.6. The number of nitrogens with one attached hydrogen (secondary N) is 1. The summed E-state index contributed by atoms with van der Waals surface area (Å²) in [5.74, 6) is 0.897. The molecule has 162 valence electrons. The molecule has 1 unspecified atom stereocenters. The third kappa shape index (κ3) is 3.74. The van der Waals surface area contributed by atoms with Crippen molar-refractivity contribution in [2.24, 2.45) is 0 Å². The highest BCUT2D eigenvalue weighted by atomic mass is 16.5. The molecule has 4 aromatic rings. The number of aromatic amines is 1. The standard InChI is InChI=1S/C26H26N4O2/c1-32-23-14-8-7-13-22(23)29-15-17-30(18-16-29)25(19-9-3-2-4-10-19)24-20-11-5-6-12-21(20)26(31)28-27-24/h2-14,25H,15-18H2,1H3,(H,28,31). The minimum atomic E-state index is -0.155. The lowest BCUT2D eigenvalue weighted by Gasteiger charge is -2.40. The smallest absolute Gasteiger partial charge is 0.272 e. The maximum Gasteiger partial charge on any atom is 0.272 e. The predicted molar refractivity (Wildman–Crippen MR) is 127 cm³/mol. The van der Waals surface area contributed by atoms with E-state index in [4.69, 9.17) is 4.74 Å². The minimum absolute atomic E-state index is 0.0437. The monoisotopic (exact) mass is 426 g/mol. The zero-order chi connectivity index (χ0) is 21.9. The van der Waals surface area contributed by atoms with Gasteiger partial charge in [0.1, 0.15) is 5.75 Å². The fourth-order valence-electron chi connectivity index (χ4n) is 4.63. The lowest BCUT2D eigenvalue weighted by molar-refractivity contribution is 0.209. The number of hydrogen-bond acceptors (Lipinski definition) is 5. The van der Waals surface area contributed by atoms with E-state index in [1.54, 1.807) is 7.11 Å². The molecule has 5 rings (SSSR count). The van der Waals surface area contributed by atoms with Crippen molar-refractivity contribution in [2.45, 2.75) is 6.04 Å². The molecule has 1 aliphatic rings. The molecule has 0 bridgehead atoms. The van der Waals surface area contributed by atoms with E-state index in [1.165, 1.54) is 5.56 Å². The number of nitrogens with zero attached hydrogens (tertiary/aromatic N) is 3. The summed E-state index contributed by atoms with van der Waals surface area (Å²) in [6, 6.07) is 26.3. The summed E-state index contributed by atoms with van der Waals surface area (Å²) in [4.78, 5) is 17.2. The number of methoxy groups -OCH3 is 1.